The molecular weight excluding hydrogens is 284 g/mol. The van der Waals surface area contributed by atoms with Crippen LogP contribution in [0.25, 0.3) is 0 Å². The van der Waals surface area contributed by atoms with E-state index in [-0.39, 0.29) is 10.6 Å². The highest BCUT2D eigenvalue weighted by atomic mass is 35.5. The summed E-state index contributed by atoms with van der Waals surface area (Å²) in [5, 5.41) is 9.56. The first-order chi connectivity index (χ1) is 8.24. The topological polar surface area (TPSA) is 106 Å². The van der Waals surface area contributed by atoms with Crippen molar-refractivity contribution >= 4 is 32.6 Å². The molecule has 1 N–H and O–H groups in total. The summed E-state index contributed by atoms with van der Waals surface area (Å²) in [5.41, 5.74) is -0.226. The summed E-state index contributed by atoms with van der Waals surface area (Å²) in [4.78, 5) is 20.3. The Morgan fingerprint density at radius 2 is 1.89 bits per heavy atom. The van der Waals surface area contributed by atoms with Crippen molar-refractivity contribution in [1.82, 2.24) is 4.72 Å². The van der Waals surface area contributed by atoms with Gasteiger partial charge in [0.2, 0.25) is 15.3 Å². The van der Waals surface area contributed by atoms with Gasteiger partial charge in [0.15, 0.2) is 0 Å². The molecule has 0 aliphatic heterocycles. The Balaban J connectivity index is 2.99. The number of halogens is 1. The lowest BCUT2D eigenvalue weighted by atomic mass is 10.3. The molecule has 7 nitrogen and oxygen atoms in total. The molecule has 1 atom stereocenters. The van der Waals surface area contributed by atoms with Gasteiger partial charge in [-0.15, -0.1) is 0 Å². The van der Waals surface area contributed by atoms with E-state index in [1.54, 1.807) is 0 Å². The Kier molecular flexibility index (Phi) is 4.38. The number of nitro benzene ring substituents is 1. The van der Waals surface area contributed by atoms with Gasteiger partial charge in [-0.05, 0) is 30.7 Å². The minimum atomic E-state index is -3.92. The second-order valence-corrected chi connectivity index (χ2v) is 5.48. The molecule has 0 fully saturated rings. The SMILES string of the molecule is C[C@@H](NS(=O)(=O)c1ccc([N+](=O)[O-])cc1)C(=O)Cl. The number of rotatable bonds is 5. The molecule has 1 aromatic rings. The molecule has 0 bridgehead atoms. The average Bonchev–Trinajstić information content (AvgIpc) is 2.28. The number of nitrogens with zero attached hydrogens (tertiary/aromatic N) is 1. The Morgan fingerprint density at radius 1 is 1.39 bits per heavy atom. The smallest absolute Gasteiger partial charge is 0.269 e. The number of benzene rings is 1. The van der Waals surface area contributed by atoms with Gasteiger partial charge in [-0.1, -0.05) is 0 Å². The third-order valence-corrected chi connectivity index (χ3v) is 3.91. The normalized spacial score (nSPS) is 13.0. The first kappa shape index (κ1) is 14.6. The molecular formula is C9H9ClN2O5S. The molecule has 0 radical (unpaired) electrons. The molecule has 1 rings (SSSR count). The van der Waals surface area contributed by atoms with E-state index in [9.17, 15) is 23.3 Å². The van der Waals surface area contributed by atoms with Crippen LogP contribution < -0.4 is 4.72 Å². The van der Waals surface area contributed by atoms with E-state index in [4.69, 9.17) is 11.6 Å². The molecule has 0 unspecified atom stereocenters. The Morgan fingerprint density at radius 3 is 2.28 bits per heavy atom. The number of nitro groups is 1. The summed E-state index contributed by atoms with van der Waals surface area (Å²) in [5.74, 6) is 0. The van der Waals surface area contributed by atoms with Crippen molar-refractivity contribution in [2.45, 2.75) is 17.9 Å². The summed E-state index contributed by atoms with van der Waals surface area (Å²) < 4.78 is 25.5. The van der Waals surface area contributed by atoms with Gasteiger partial charge in [0, 0.05) is 12.1 Å². The Bertz CT molecular complexity index is 569. The first-order valence-electron chi connectivity index (χ1n) is 4.70. The fourth-order valence-electron chi connectivity index (χ4n) is 1.09. The number of sulfonamides is 1. The van der Waals surface area contributed by atoms with Crippen molar-refractivity contribution in [3.05, 3.63) is 34.4 Å². The lowest BCUT2D eigenvalue weighted by Crippen LogP contribution is -2.36. The molecule has 0 saturated carbocycles. The largest absolute Gasteiger partial charge is 0.279 e. The zero-order valence-electron chi connectivity index (χ0n) is 9.16. The zero-order valence-corrected chi connectivity index (χ0v) is 10.7. The van der Waals surface area contributed by atoms with Crippen LogP contribution in [0.2, 0.25) is 0 Å². The quantitative estimate of drug-likeness (QED) is 0.495. The van der Waals surface area contributed by atoms with Crippen LogP contribution in [0.15, 0.2) is 29.2 Å². The van der Waals surface area contributed by atoms with Gasteiger partial charge >= 0.3 is 0 Å². The highest BCUT2D eigenvalue weighted by Crippen LogP contribution is 2.16. The molecule has 0 heterocycles. The summed E-state index contributed by atoms with van der Waals surface area (Å²) in [6.45, 7) is 1.29. The van der Waals surface area contributed by atoms with Crippen molar-refractivity contribution in [3.8, 4) is 0 Å². The molecule has 18 heavy (non-hydrogen) atoms. The van der Waals surface area contributed by atoms with Crippen molar-refractivity contribution in [1.29, 1.82) is 0 Å². The van der Waals surface area contributed by atoms with Gasteiger partial charge < -0.3 is 0 Å². The van der Waals surface area contributed by atoms with Crippen molar-refractivity contribution in [2.24, 2.45) is 0 Å². The van der Waals surface area contributed by atoms with E-state index in [2.05, 4.69) is 0 Å². The summed E-state index contributed by atoms with van der Waals surface area (Å²) >= 11 is 5.13. The van der Waals surface area contributed by atoms with Gasteiger partial charge in [0.05, 0.1) is 15.9 Å². The van der Waals surface area contributed by atoms with Crippen LogP contribution in [-0.4, -0.2) is 24.6 Å². The Hall–Kier alpha value is -1.51. The van der Waals surface area contributed by atoms with Crippen molar-refractivity contribution in [2.75, 3.05) is 0 Å². The monoisotopic (exact) mass is 292 g/mol. The minimum absolute atomic E-state index is 0.183. The number of carbonyl (C=O) groups is 1. The number of hydrogen-bond donors (Lipinski definition) is 1. The number of hydrogen-bond acceptors (Lipinski definition) is 5. The van der Waals surface area contributed by atoms with Crippen LogP contribution in [0, 0.1) is 10.1 Å². The average molecular weight is 293 g/mol. The summed E-state index contributed by atoms with van der Waals surface area (Å²) in [7, 11) is -3.92. The molecule has 0 aliphatic rings. The zero-order chi connectivity index (χ0) is 13.9. The maximum atomic E-state index is 11.7. The summed E-state index contributed by atoms with van der Waals surface area (Å²) in [6.07, 6.45) is 0. The Labute approximate surface area is 108 Å². The standard InChI is InChI=1S/C9H9ClN2O5S/c1-6(9(10)13)11-18(16,17)8-4-2-7(3-5-8)12(14)15/h2-6,11H,1H3/t6-/m1/s1. The third kappa shape index (κ3) is 3.49. The van der Waals surface area contributed by atoms with Crippen LogP contribution in [0.1, 0.15) is 6.92 Å². The molecule has 0 amide bonds. The fraction of sp³-hybridized carbons (Fsp3) is 0.222. The van der Waals surface area contributed by atoms with Crippen LogP contribution in [0.3, 0.4) is 0 Å². The lowest BCUT2D eigenvalue weighted by molar-refractivity contribution is -0.384. The maximum absolute atomic E-state index is 11.7. The van der Waals surface area contributed by atoms with E-state index in [1.165, 1.54) is 6.92 Å². The molecule has 0 spiro atoms. The van der Waals surface area contributed by atoms with E-state index in [1.807, 2.05) is 4.72 Å². The number of carbonyl (C=O) groups excluding carboxylic acids is 1. The summed E-state index contributed by atoms with van der Waals surface area (Å²) in [6, 6.07) is 3.19. The van der Waals surface area contributed by atoms with Gasteiger partial charge in [-0.25, -0.2) is 8.42 Å². The predicted octanol–water partition coefficient (Wildman–Crippen LogP) is 1.03. The van der Waals surface area contributed by atoms with Crippen LogP contribution >= 0.6 is 11.6 Å². The molecule has 0 aliphatic carbocycles. The molecule has 0 saturated heterocycles. The minimum Gasteiger partial charge on any atom is -0.279 e. The molecule has 98 valence electrons. The maximum Gasteiger partial charge on any atom is 0.269 e. The highest BCUT2D eigenvalue weighted by molar-refractivity contribution is 7.89. The lowest BCUT2D eigenvalue weighted by Gasteiger charge is -2.09. The molecule has 0 aromatic heterocycles. The number of nitrogens with one attached hydrogen (secondary N) is 1. The van der Waals surface area contributed by atoms with Gasteiger partial charge in [0.1, 0.15) is 0 Å². The predicted molar refractivity (Wildman–Crippen MR) is 63.7 cm³/mol. The second-order valence-electron chi connectivity index (χ2n) is 3.40. The van der Waals surface area contributed by atoms with Gasteiger partial charge in [-0.2, -0.15) is 4.72 Å². The molecule has 9 heteroatoms. The van der Waals surface area contributed by atoms with Gasteiger partial charge in [-0.3, -0.25) is 14.9 Å². The molecule has 1 aromatic carbocycles. The van der Waals surface area contributed by atoms with E-state index >= 15 is 0 Å². The van der Waals surface area contributed by atoms with E-state index in [0.29, 0.717) is 0 Å². The first-order valence-corrected chi connectivity index (χ1v) is 6.56. The second kappa shape index (κ2) is 5.42. The van der Waals surface area contributed by atoms with Crippen molar-refractivity contribution < 1.29 is 18.1 Å². The van der Waals surface area contributed by atoms with Gasteiger partial charge in [0.25, 0.3) is 5.69 Å². The van der Waals surface area contributed by atoms with E-state index < -0.39 is 26.2 Å². The number of non-ortho nitro benzene ring substituents is 1. The highest BCUT2D eigenvalue weighted by Gasteiger charge is 2.21. The van der Waals surface area contributed by atoms with E-state index in [0.717, 1.165) is 24.3 Å². The van der Waals surface area contributed by atoms with Crippen LogP contribution in [0.4, 0.5) is 5.69 Å². The van der Waals surface area contributed by atoms with Crippen LogP contribution in [0.5, 0.6) is 0 Å². The van der Waals surface area contributed by atoms with Crippen LogP contribution in [-0.2, 0) is 14.8 Å². The fourth-order valence-corrected chi connectivity index (χ4v) is 2.42. The van der Waals surface area contributed by atoms with Crippen molar-refractivity contribution in [3.63, 3.8) is 0 Å². The third-order valence-electron chi connectivity index (χ3n) is 2.03.